The summed E-state index contributed by atoms with van der Waals surface area (Å²) in [5.41, 5.74) is 1.36. The number of amides is 2. The van der Waals surface area contributed by atoms with Crippen LogP contribution in [0.3, 0.4) is 0 Å². The lowest BCUT2D eigenvalue weighted by atomic mass is 10.2. The first kappa shape index (κ1) is 17.9. The number of hydrogen-bond donors (Lipinski definition) is 2. The Hall–Kier alpha value is -2.91. The molecule has 26 heavy (non-hydrogen) atoms. The molecule has 1 aliphatic rings. The molecule has 138 valence electrons. The lowest BCUT2D eigenvalue weighted by Gasteiger charge is -2.09. The number of rotatable bonds is 5. The normalized spacial score (nSPS) is 14.2. The van der Waals surface area contributed by atoms with Crippen LogP contribution < -0.4 is 10.6 Å². The highest BCUT2D eigenvalue weighted by Crippen LogP contribution is 2.20. The van der Waals surface area contributed by atoms with E-state index in [1.165, 1.54) is 28.9 Å². The minimum atomic E-state index is -4.47. The zero-order chi connectivity index (χ0) is 18.9. The summed E-state index contributed by atoms with van der Waals surface area (Å²) in [6.45, 7) is 0.293. The summed E-state index contributed by atoms with van der Waals surface area (Å²) in [6, 6.07) is 6.00. The van der Waals surface area contributed by atoms with Crippen molar-refractivity contribution in [1.29, 1.82) is 0 Å². The number of carbonyl (C=O) groups excluding carboxylic acids is 2. The van der Waals surface area contributed by atoms with E-state index in [0.717, 1.165) is 12.8 Å². The number of aromatic nitrogens is 3. The van der Waals surface area contributed by atoms with Gasteiger partial charge in [-0.25, -0.2) is 4.68 Å². The number of halogens is 3. The third-order valence-corrected chi connectivity index (χ3v) is 3.85. The van der Waals surface area contributed by atoms with Crippen LogP contribution in [-0.2, 0) is 0 Å². The first-order valence-corrected chi connectivity index (χ1v) is 7.93. The summed E-state index contributed by atoms with van der Waals surface area (Å²) in [5.74, 6) is -1.12. The minimum absolute atomic E-state index is 0.0856. The first-order chi connectivity index (χ1) is 12.2. The molecule has 2 N–H and O–H groups in total. The maximum Gasteiger partial charge on any atom is 0.405 e. The fraction of sp³-hybridized carbons (Fsp3) is 0.375. The maximum atomic E-state index is 12.1. The van der Waals surface area contributed by atoms with Crippen LogP contribution in [0.5, 0.6) is 0 Å². The second-order valence-electron chi connectivity index (χ2n) is 6.03. The Morgan fingerprint density at radius 3 is 2.42 bits per heavy atom. The Balaban J connectivity index is 1.71. The van der Waals surface area contributed by atoms with E-state index in [9.17, 15) is 22.8 Å². The van der Waals surface area contributed by atoms with Crippen LogP contribution in [0.4, 0.5) is 13.2 Å². The SMILES string of the molecule is Cc1c(C(=O)NC2CC2)nnn1-c1ccc(C(=O)NCC(F)(F)F)cc1. The predicted octanol–water partition coefficient (Wildman–Crippen LogP) is 1.76. The Bertz CT molecular complexity index is 825. The summed E-state index contributed by atoms with van der Waals surface area (Å²) < 4.78 is 37.9. The molecular weight excluding hydrogens is 351 g/mol. The van der Waals surface area contributed by atoms with Gasteiger partial charge in [0.1, 0.15) is 6.54 Å². The second kappa shape index (κ2) is 6.77. The number of nitrogens with one attached hydrogen (secondary N) is 2. The fourth-order valence-electron chi connectivity index (χ4n) is 2.30. The van der Waals surface area contributed by atoms with Gasteiger partial charge in [-0.1, -0.05) is 5.21 Å². The van der Waals surface area contributed by atoms with Crippen molar-refractivity contribution in [2.45, 2.75) is 32.0 Å². The van der Waals surface area contributed by atoms with Gasteiger partial charge in [0.15, 0.2) is 5.69 Å². The molecule has 2 amide bonds. The molecule has 1 saturated carbocycles. The molecule has 0 radical (unpaired) electrons. The lowest BCUT2D eigenvalue weighted by molar-refractivity contribution is -0.123. The van der Waals surface area contributed by atoms with Gasteiger partial charge >= 0.3 is 6.18 Å². The fourth-order valence-corrected chi connectivity index (χ4v) is 2.30. The van der Waals surface area contributed by atoms with Crippen LogP contribution in [0.2, 0.25) is 0 Å². The van der Waals surface area contributed by atoms with Crippen LogP contribution in [0.15, 0.2) is 24.3 Å². The Morgan fingerprint density at radius 1 is 1.19 bits per heavy atom. The molecule has 0 saturated heterocycles. The van der Waals surface area contributed by atoms with Crippen molar-refractivity contribution < 1.29 is 22.8 Å². The third-order valence-electron chi connectivity index (χ3n) is 3.85. The molecule has 1 aromatic carbocycles. The molecule has 10 heteroatoms. The smallest absolute Gasteiger partial charge is 0.348 e. The highest BCUT2D eigenvalue weighted by Gasteiger charge is 2.28. The van der Waals surface area contributed by atoms with Gasteiger partial charge in [0.05, 0.1) is 11.4 Å². The van der Waals surface area contributed by atoms with Crippen LogP contribution in [-0.4, -0.2) is 45.6 Å². The van der Waals surface area contributed by atoms with E-state index in [0.29, 0.717) is 11.4 Å². The maximum absolute atomic E-state index is 12.1. The zero-order valence-electron chi connectivity index (χ0n) is 13.8. The van der Waals surface area contributed by atoms with E-state index < -0.39 is 18.6 Å². The van der Waals surface area contributed by atoms with E-state index in [4.69, 9.17) is 0 Å². The van der Waals surface area contributed by atoms with Crippen LogP contribution in [0.25, 0.3) is 5.69 Å². The molecule has 2 aromatic rings. The highest BCUT2D eigenvalue weighted by molar-refractivity contribution is 5.94. The number of alkyl halides is 3. The summed E-state index contributed by atoms with van der Waals surface area (Å²) >= 11 is 0. The van der Waals surface area contributed by atoms with E-state index in [1.54, 1.807) is 12.2 Å². The van der Waals surface area contributed by atoms with Crippen molar-refractivity contribution in [2.24, 2.45) is 0 Å². The van der Waals surface area contributed by atoms with Crippen molar-refractivity contribution in [1.82, 2.24) is 25.6 Å². The standard InChI is InChI=1S/C16H16F3N5O2/c1-9-13(15(26)21-11-4-5-11)22-23-24(9)12-6-2-10(3-7-12)14(25)20-8-16(17,18)19/h2-3,6-7,11H,4-5,8H2,1H3,(H,20,25)(H,21,26). The van der Waals surface area contributed by atoms with Crippen LogP contribution >= 0.6 is 0 Å². The van der Waals surface area contributed by atoms with Gasteiger partial charge < -0.3 is 10.6 Å². The summed E-state index contributed by atoms with van der Waals surface area (Å²) in [4.78, 5) is 23.8. The number of carbonyl (C=O) groups is 2. The highest BCUT2D eigenvalue weighted by atomic mass is 19.4. The Kier molecular flexibility index (Phi) is 4.66. The Morgan fingerprint density at radius 2 is 1.85 bits per heavy atom. The molecule has 0 atom stereocenters. The third kappa shape index (κ3) is 4.19. The van der Waals surface area contributed by atoms with Gasteiger partial charge in [0.25, 0.3) is 11.8 Å². The van der Waals surface area contributed by atoms with E-state index >= 15 is 0 Å². The van der Waals surface area contributed by atoms with Gasteiger partial charge in [-0.15, -0.1) is 5.10 Å². The zero-order valence-corrected chi connectivity index (χ0v) is 13.8. The van der Waals surface area contributed by atoms with Gasteiger partial charge in [0, 0.05) is 11.6 Å². The number of hydrogen-bond acceptors (Lipinski definition) is 4. The summed E-state index contributed by atoms with van der Waals surface area (Å²) in [5, 5.41) is 12.4. The topological polar surface area (TPSA) is 88.9 Å². The summed E-state index contributed by atoms with van der Waals surface area (Å²) in [6.07, 6.45) is -2.56. The van der Waals surface area contributed by atoms with Crippen LogP contribution in [0.1, 0.15) is 39.4 Å². The monoisotopic (exact) mass is 367 g/mol. The largest absolute Gasteiger partial charge is 0.405 e. The molecule has 0 bridgehead atoms. The second-order valence-corrected chi connectivity index (χ2v) is 6.03. The van der Waals surface area contributed by atoms with Crippen molar-refractivity contribution in [3.63, 3.8) is 0 Å². The molecule has 3 rings (SSSR count). The van der Waals surface area contributed by atoms with E-state index in [-0.39, 0.29) is 23.2 Å². The quantitative estimate of drug-likeness (QED) is 0.843. The first-order valence-electron chi connectivity index (χ1n) is 7.93. The molecule has 1 aromatic heterocycles. The Labute approximate surface area is 146 Å². The predicted molar refractivity (Wildman–Crippen MR) is 85.0 cm³/mol. The minimum Gasteiger partial charge on any atom is -0.348 e. The van der Waals surface area contributed by atoms with Crippen molar-refractivity contribution in [3.05, 3.63) is 41.2 Å². The van der Waals surface area contributed by atoms with Gasteiger partial charge in [-0.2, -0.15) is 13.2 Å². The molecule has 1 fully saturated rings. The summed E-state index contributed by atoms with van der Waals surface area (Å²) in [7, 11) is 0. The van der Waals surface area contributed by atoms with Gasteiger partial charge in [-0.3, -0.25) is 9.59 Å². The molecule has 7 nitrogen and oxygen atoms in total. The van der Waals surface area contributed by atoms with Gasteiger partial charge in [-0.05, 0) is 44.0 Å². The van der Waals surface area contributed by atoms with E-state index in [1.807, 2.05) is 0 Å². The molecule has 1 aliphatic carbocycles. The molecule has 0 unspecified atom stereocenters. The lowest BCUT2D eigenvalue weighted by Crippen LogP contribution is -2.33. The van der Waals surface area contributed by atoms with Crippen molar-refractivity contribution in [3.8, 4) is 5.69 Å². The number of benzene rings is 1. The van der Waals surface area contributed by atoms with Gasteiger partial charge in [0.2, 0.25) is 0 Å². The average molecular weight is 367 g/mol. The average Bonchev–Trinajstić information content (AvgIpc) is 3.31. The van der Waals surface area contributed by atoms with E-state index in [2.05, 4.69) is 15.6 Å². The van der Waals surface area contributed by atoms with Crippen LogP contribution in [0, 0.1) is 6.92 Å². The molecule has 0 spiro atoms. The molecule has 1 heterocycles. The van der Waals surface area contributed by atoms with Crippen molar-refractivity contribution in [2.75, 3.05) is 6.54 Å². The molecule has 0 aliphatic heterocycles. The van der Waals surface area contributed by atoms with Crippen molar-refractivity contribution >= 4 is 11.8 Å². The molecular formula is C16H16F3N5O2. The number of nitrogens with zero attached hydrogens (tertiary/aromatic N) is 3.